The van der Waals surface area contributed by atoms with Crippen LogP contribution < -0.4 is 0 Å². The Morgan fingerprint density at radius 1 is 1.50 bits per heavy atom. The Morgan fingerprint density at radius 3 is 3.30 bits per heavy atom. The molecule has 0 aromatic heterocycles. The monoisotopic (exact) mass is 153 g/mol. The number of fused-ring (bicyclic) bond motifs is 1. The van der Waals surface area contributed by atoms with Gasteiger partial charge in [0.1, 0.15) is 6.04 Å². The van der Waals surface area contributed by atoms with Crippen LogP contribution in [0.5, 0.6) is 0 Å². The van der Waals surface area contributed by atoms with Gasteiger partial charge >= 0.3 is 0 Å². The second-order valence-electron chi connectivity index (χ2n) is 2.06. The molecule has 2 rings (SSSR count). The Labute approximate surface area is 62.8 Å². The predicted octanol–water partition coefficient (Wildman–Crippen LogP) is 1.87. The topological polar surface area (TPSA) is 37.1 Å². The average molecular weight is 154 g/mol. The van der Waals surface area contributed by atoms with Crippen molar-refractivity contribution in [2.24, 2.45) is 15.4 Å². The maximum absolute atomic E-state index is 5.69. The molecule has 0 saturated heterocycles. The summed E-state index contributed by atoms with van der Waals surface area (Å²) in [6.45, 7) is 0. The number of hydrogen-bond acceptors (Lipinski definition) is 3. The molecule has 50 valence electrons. The Bertz CT molecular complexity index is 275. The molecule has 0 fully saturated rings. The minimum absolute atomic E-state index is 0.0162. The molecule has 1 atom stereocenters. The van der Waals surface area contributed by atoms with Crippen LogP contribution in [0.4, 0.5) is 0 Å². The average Bonchev–Trinajstić information content (AvgIpc) is 2.33. The molecule has 0 saturated carbocycles. The number of nitrogens with zero attached hydrogens (tertiary/aromatic N) is 3. The zero-order valence-electron chi connectivity index (χ0n) is 5.03. The first-order chi connectivity index (χ1) is 4.86. The predicted molar refractivity (Wildman–Crippen MR) is 39.2 cm³/mol. The van der Waals surface area contributed by atoms with Gasteiger partial charge < -0.3 is 0 Å². The molecule has 2 aliphatic rings. The van der Waals surface area contributed by atoms with E-state index in [-0.39, 0.29) is 6.04 Å². The van der Waals surface area contributed by atoms with Crippen LogP contribution in [-0.2, 0) is 0 Å². The van der Waals surface area contributed by atoms with Crippen molar-refractivity contribution in [2.75, 3.05) is 0 Å². The Morgan fingerprint density at radius 2 is 2.40 bits per heavy atom. The van der Waals surface area contributed by atoms with Gasteiger partial charge in [0.15, 0.2) is 0 Å². The van der Waals surface area contributed by atoms with E-state index < -0.39 is 0 Å². The molecule has 1 heterocycles. The lowest BCUT2D eigenvalue weighted by atomic mass is 10.1. The SMILES string of the molecule is ClC1=CC2=NN=NC2C=C1. The van der Waals surface area contributed by atoms with Crippen molar-refractivity contribution < 1.29 is 0 Å². The molecule has 1 aliphatic carbocycles. The minimum Gasteiger partial charge on any atom is -0.155 e. The molecule has 3 nitrogen and oxygen atoms in total. The first-order valence-corrected chi connectivity index (χ1v) is 3.27. The standard InChI is InChI=1S/C6H4ClN3/c7-4-1-2-5-6(3-4)9-10-8-5/h1-3,5H. The summed E-state index contributed by atoms with van der Waals surface area (Å²) in [6.07, 6.45) is 5.44. The van der Waals surface area contributed by atoms with Crippen LogP contribution in [0.1, 0.15) is 0 Å². The summed E-state index contributed by atoms with van der Waals surface area (Å²) in [4.78, 5) is 0. The van der Waals surface area contributed by atoms with Crippen LogP contribution in [0, 0.1) is 0 Å². The van der Waals surface area contributed by atoms with Crippen LogP contribution in [0.25, 0.3) is 0 Å². The molecule has 0 spiro atoms. The second-order valence-corrected chi connectivity index (χ2v) is 2.50. The summed E-state index contributed by atoms with van der Waals surface area (Å²) < 4.78 is 0. The smallest absolute Gasteiger partial charge is 0.135 e. The molecular weight excluding hydrogens is 150 g/mol. The quantitative estimate of drug-likeness (QED) is 0.510. The Hall–Kier alpha value is -0.960. The molecule has 0 aromatic rings. The van der Waals surface area contributed by atoms with E-state index in [1.54, 1.807) is 12.2 Å². The molecule has 10 heavy (non-hydrogen) atoms. The zero-order chi connectivity index (χ0) is 6.97. The van der Waals surface area contributed by atoms with E-state index in [1.165, 1.54) is 0 Å². The van der Waals surface area contributed by atoms with Crippen LogP contribution >= 0.6 is 11.6 Å². The van der Waals surface area contributed by atoms with Crippen molar-refractivity contribution >= 4 is 17.3 Å². The Balaban J connectivity index is 2.39. The summed E-state index contributed by atoms with van der Waals surface area (Å²) in [5, 5.41) is 11.8. The normalized spacial score (nSPS) is 27.9. The van der Waals surface area contributed by atoms with Gasteiger partial charge in [-0.2, -0.15) is 5.11 Å². The molecule has 1 unspecified atom stereocenters. The van der Waals surface area contributed by atoms with E-state index in [2.05, 4.69) is 15.4 Å². The second kappa shape index (κ2) is 2.02. The third kappa shape index (κ3) is 0.789. The Kier molecular flexibility index (Phi) is 1.17. The summed E-state index contributed by atoms with van der Waals surface area (Å²) >= 11 is 5.69. The van der Waals surface area contributed by atoms with Crippen molar-refractivity contribution in [3.8, 4) is 0 Å². The fourth-order valence-electron chi connectivity index (χ4n) is 0.875. The zero-order valence-corrected chi connectivity index (χ0v) is 5.78. The molecule has 0 bridgehead atoms. The molecule has 4 heteroatoms. The van der Waals surface area contributed by atoms with Crippen LogP contribution in [0.3, 0.4) is 0 Å². The molecule has 0 aromatic carbocycles. The van der Waals surface area contributed by atoms with Crippen molar-refractivity contribution in [3.63, 3.8) is 0 Å². The lowest BCUT2D eigenvalue weighted by Crippen LogP contribution is -2.12. The lowest BCUT2D eigenvalue weighted by molar-refractivity contribution is 0.974. The summed E-state index contributed by atoms with van der Waals surface area (Å²) in [7, 11) is 0. The van der Waals surface area contributed by atoms with Crippen LogP contribution in [-0.4, -0.2) is 11.8 Å². The summed E-state index contributed by atoms with van der Waals surface area (Å²) in [5.74, 6) is 0. The van der Waals surface area contributed by atoms with Gasteiger partial charge in [-0.25, -0.2) is 0 Å². The molecule has 0 N–H and O–H groups in total. The fourth-order valence-corrected chi connectivity index (χ4v) is 1.06. The van der Waals surface area contributed by atoms with Gasteiger partial charge in [0, 0.05) is 5.03 Å². The molecule has 1 aliphatic heterocycles. The lowest BCUT2D eigenvalue weighted by Gasteiger charge is -2.03. The van der Waals surface area contributed by atoms with Gasteiger partial charge in [-0.05, 0) is 17.4 Å². The maximum atomic E-state index is 5.69. The van der Waals surface area contributed by atoms with Gasteiger partial charge in [0.25, 0.3) is 0 Å². The number of halogens is 1. The largest absolute Gasteiger partial charge is 0.155 e. The van der Waals surface area contributed by atoms with E-state index in [4.69, 9.17) is 11.6 Å². The fraction of sp³-hybridized carbons (Fsp3) is 0.167. The molecule has 0 amide bonds. The summed E-state index contributed by atoms with van der Waals surface area (Å²) in [6, 6.07) is 0.0162. The number of hydrogen-bond donors (Lipinski definition) is 0. The van der Waals surface area contributed by atoms with E-state index >= 15 is 0 Å². The van der Waals surface area contributed by atoms with E-state index in [0.717, 1.165) is 5.71 Å². The van der Waals surface area contributed by atoms with Gasteiger partial charge in [-0.15, -0.1) is 5.10 Å². The highest BCUT2D eigenvalue weighted by atomic mass is 35.5. The van der Waals surface area contributed by atoms with E-state index in [0.29, 0.717) is 5.03 Å². The van der Waals surface area contributed by atoms with Crippen LogP contribution in [0.15, 0.2) is 38.7 Å². The highest BCUT2D eigenvalue weighted by molar-refractivity contribution is 6.33. The number of rotatable bonds is 0. The minimum atomic E-state index is 0.0162. The highest BCUT2D eigenvalue weighted by Crippen LogP contribution is 2.18. The van der Waals surface area contributed by atoms with Gasteiger partial charge in [-0.3, -0.25) is 0 Å². The highest BCUT2D eigenvalue weighted by Gasteiger charge is 2.17. The molecular formula is C6H4ClN3. The van der Waals surface area contributed by atoms with Crippen molar-refractivity contribution in [3.05, 3.63) is 23.3 Å². The summed E-state index contributed by atoms with van der Waals surface area (Å²) in [5.41, 5.74) is 0.826. The van der Waals surface area contributed by atoms with E-state index in [1.807, 2.05) is 6.08 Å². The van der Waals surface area contributed by atoms with Crippen LogP contribution in [0.2, 0.25) is 0 Å². The maximum Gasteiger partial charge on any atom is 0.135 e. The first kappa shape index (κ1) is 5.80. The third-order valence-corrected chi connectivity index (χ3v) is 1.60. The third-order valence-electron chi connectivity index (χ3n) is 1.36. The van der Waals surface area contributed by atoms with Gasteiger partial charge in [0.2, 0.25) is 0 Å². The van der Waals surface area contributed by atoms with Crippen molar-refractivity contribution in [1.29, 1.82) is 0 Å². The van der Waals surface area contributed by atoms with E-state index in [9.17, 15) is 0 Å². The number of allylic oxidation sites excluding steroid dienone is 2. The van der Waals surface area contributed by atoms with Crippen molar-refractivity contribution in [2.45, 2.75) is 6.04 Å². The first-order valence-electron chi connectivity index (χ1n) is 2.89. The van der Waals surface area contributed by atoms with Gasteiger partial charge in [0.05, 0.1) is 5.71 Å². The van der Waals surface area contributed by atoms with Crippen molar-refractivity contribution in [1.82, 2.24) is 0 Å². The molecule has 0 radical (unpaired) electrons. The van der Waals surface area contributed by atoms with Gasteiger partial charge in [-0.1, -0.05) is 17.7 Å².